The Bertz CT molecular complexity index is 1190. The first kappa shape index (κ1) is 27.7. The summed E-state index contributed by atoms with van der Waals surface area (Å²) in [7, 11) is 0. The molecule has 3 aliphatic rings. The molecule has 0 amide bonds. The zero-order chi connectivity index (χ0) is 26.8. The predicted molar refractivity (Wildman–Crippen MR) is 175 cm³/mol. The second-order valence-corrected chi connectivity index (χ2v) is 13.0. The summed E-state index contributed by atoms with van der Waals surface area (Å²) in [5.74, 6) is 2.33. The van der Waals surface area contributed by atoms with E-state index in [1.54, 1.807) is 0 Å². The van der Waals surface area contributed by atoms with E-state index in [1.165, 1.54) is 44.5 Å². The van der Waals surface area contributed by atoms with Crippen LogP contribution in [-0.2, 0) is 11.5 Å². The average molecular weight is 577 g/mol. The molecule has 0 saturated carbocycles. The first-order chi connectivity index (χ1) is 18.5. The van der Waals surface area contributed by atoms with Gasteiger partial charge in [0.1, 0.15) is 8.64 Å². The van der Waals surface area contributed by atoms with E-state index in [0.29, 0.717) is 0 Å². The Morgan fingerprint density at radius 1 is 0.579 bits per heavy atom. The van der Waals surface area contributed by atoms with Crippen molar-refractivity contribution in [1.82, 2.24) is 9.80 Å². The van der Waals surface area contributed by atoms with E-state index in [-0.39, 0.29) is 11.8 Å². The van der Waals surface area contributed by atoms with Gasteiger partial charge in [0.2, 0.25) is 0 Å². The van der Waals surface area contributed by atoms with Gasteiger partial charge in [-0.3, -0.25) is 0 Å². The molecule has 0 radical (unpaired) electrons. The molecule has 0 N–H and O–H groups in total. The van der Waals surface area contributed by atoms with Gasteiger partial charge in [-0.2, -0.15) is 0 Å². The zero-order valence-corrected chi connectivity index (χ0v) is 26.0. The van der Waals surface area contributed by atoms with Crippen LogP contribution in [-0.4, -0.2) is 44.6 Å². The van der Waals surface area contributed by atoms with E-state index >= 15 is 0 Å². The summed E-state index contributed by atoms with van der Waals surface area (Å²) >= 11 is 15.3. The van der Waals surface area contributed by atoms with Crippen molar-refractivity contribution in [2.24, 2.45) is 0 Å². The van der Waals surface area contributed by atoms with Crippen LogP contribution in [0.5, 0.6) is 0 Å². The van der Waals surface area contributed by atoms with E-state index < -0.39 is 0 Å². The lowest BCUT2D eigenvalue weighted by atomic mass is 9.59. The van der Waals surface area contributed by atoms with Gasteiger partial charge in [-0.15, -0.1) is 0 Å². The highest BCUT2D eigenvalue weighted by atomic mass is 32.2. The lowest BCUT2D eigenvalue weighted by Gasteiger charge is -2.44. The van der Waals surface area contributed by atoms with E-state index in [1.807, 2.05) is 23.5 Å². The molecule has 0 spiro atoms. The van der Waals surface area contributed by atoms with Crippen LogP contribution in [0.2, 0.25) is 0 Å². The number of thiocarbonyl (C=S) groups is 2. The molecule has 38 heavy (non-hydrogen) atoms. The summed E-state index contributed by atoms with van der Waals surface area (Å²) in [4.78, 5) is 4.56. The van der Waals surface area contributed by atoms with Crippen molar-refractivity contribution in [3.63, 3.8) is 0 Å². The monoisotopic (exact) mass is 576 g/mol. The smallest absolute Gasteiger partial charge is 0.136 e. The van der Waals surface area contributed by atoms with Crippen molar-refractivity contribution in [3.8, 4) is 0 Å². The number of rotatable bonds is 8. The van der Waals surface area contributed by atoms with Crippen LogP contribution in [0.1, 0.15) is 84.0 Å². The minimum Gasteiger partial charge on any atom is -0.358 e. The van der Waals surface area contributed by atoms with Crippen molar-refractivity contribution in [2.75, 3.05) is 26.2 Å². The third-order valence-corrected chi connectivity index (χ3v) is 11.2. The Labute approximate surface area is 247 Å². The predicted octanol–water partition coefficient (Wildman–Crippen LogP) is 8.39. The minimum absolute atomic E-state index is 0.264. The van der Waals surface area contributed by atoms with Crippen LogP contribution in [0.15, 0.2) is 60.7 Å². The van der Waals surface area contributed by atoms with Crippen molar-refractivity contribution in [3.05, 3.63) is 105 Å². The van der Waals surface area contributed by atoms with Gasteiger partial charge in [-0.05, 0) is 72.2 Å². The highest BCUT2D eigenvalue weighted by Crippen LogP contribution is 2.57. The summed E-state index contributed by atoms with van der Waals surface area (Å²) in [6.07, 6.45) is 0. The molecular weight excluding hydrogens is 541 g/mol. The number of hydrogen-bond acceptors (Lipinski definition) is 4. The number of hydrogen-bond donors (Lipinski definition) is 0. The molecule has 0 unspecified atom stereocenters. The fraction of sp³-hybridized carbons (Fsp3) is 0.375. The molecule has 3 aromatic carbocycles. The molecule has 0 aromatic heterocycles. The third-order valence-electron chi connectivity index (χ3n) is 8.03. The van der Waals surface area contributed by atoms with E-state index in [2.05, 4.69) is 98.2 Å². The zero-order valence-electron chi connectivity index (χ0n) is 22.7. The van der Waals surface area contributed by atoms with Gasteiger partial charge in [0.25, 0.3) is 0 Å². The van der Waals surface area contributed by atoms with Crippen LogP contribution in [0.4, 0.5) is 0 Å². The summed E-state index contributed by atoms with van der Waals surface area (Å²) in [6, 6.07) is 22.9. The standard InChI is InChI=1S/C32H36N2S4/c1-5-33(6-2)31(35)37-19-21-17-18-22(20-38-32(36)34(7-3)8-4)28-27(21)29-23-13-9-11-15-25(23)30(28)26-16-12-10-14-24(26)29/h9-18,29-30H,5-8,19-20H2,1-4H3. The Morgan fingerprint density at radius 3 is 1.18 bits per heavy atom. The molecule has 6 heteroatoms. The minimum atomic E-state index is 0.264. The molecule has 0 saturated heterocycles. The van der Waals surface area contributed by atoms with Crippen LogP contribution in [0, 0.1) is 0 Å². The third kappa shape index (κ3) is 4.94. The molecule has 0 fully saturated rings. The quantitative estimate of drug-likeness (QED) is 0.170. The van der Waals surface area contributed by atoms with Crippen LogP contribution >= 0.6 is 48.0 Å². The molecule has 3 aromatic rings. The van der Waals surface area contributed by atoms with Gasteiger partial charge in [-0.1, -0.05) is 109 Å². The first-order valence-electron chi connectivity index (χ1n) is 13.7. The number of nitrogens with zero attached hydrogens (tertiary/aromatic N) is 2. The lowest BCUT2D eigenvalue weighted by molar-refractivity contribution is 0.482. The normalized spacial score (nSPS) is 16.4. The largest absolute Gasteiger partial charge is 0.358 e. The van der Waals surface area contributed by atoms with E-state index in [0.717, 1.165) is 46.3 Å². The summed E-state index contributed by atoms with van der Waals surface area (Å²) in [5, 5.41) is 0. The van der Waals surface area contributed by atoms with Gasteiger partial charge < -0.3 is 9.80 Å². The Kier molecular flexibility index (Phi) is 8.83. The van der Waals surface area contributed by atoms with Crippen LogP contribution in [0.25, 0.3) is 0 Å². The van der Waals surface area contributed by atoms with Gasteiger partial charge in [0.05, 0.1) is 0 Å². The molecule has 2 nitrogen and oxygen atoms in total. The highest BCUT2D eigenvalue weighted by molar-refractivity contribution is 8.22. The first-order valence-corrected chi connectivity index (χ1v) is 16.5. The van der Waals surface area contributed by atoms with Crippen molar-refractivity contribution in [2.45, 2.75) is 51.0 Å². The topological polar surface area (TPSA) is 6.48 Å². The van der Waals surface area contributed by atoms with E-state index in [9.17, 15) is 0 Å². The number of benzene rings is 3. The van der Waals surface area contributed by atoms with Crippen LogP contribution in [0.3, 0.4) is 0 Å². The van der Waals surface area contributed by atoms with Crippen molar-refractivity contribution in [1.29, 1.82) is 0 Å². The van der Waals surface area contributed by atoms with Crippen molar-refractivity contribution < 1.29 is 0 Å². The highest BCUT2D eigenvalue weighted by Gasteiger charge is 2.43. The van der Waals surface area contributed by atoms with Gasteiger partial charge in [0.15, 0.2) is 0 Å². The summed E-state index contributed by atoms with van der Waals surface area (Å²) in [6.45, 7) is 12.5. The lowest BCUT2D eigenvalue weighted by Crippen LogP contribution is -2.30. The second-order valence-electron chi connectivity index (χ2n) is 9.79. The van der Waals surface area contributed by atoms with E-state index in [4.69, 9.17) is 24.4 Å². The van der Waals surface area contributed by atoms with Crippen molar-refractivity contribution >= 4 is 56.6 Å². The molecule has 0 atom stereocenters. The average Bonchev–Trinajstić information content (AvgIpc) is 2.96. The molecule has 198 valence electrons. The molecule has 2 bridgehead atoms. The second kappa shape index (κ2) is 12.1. The van der Waals surface area contributed by atoms with Crippen LogP contribution < -0.4 is 0 Å². The fourth-order valence-corrected chi connectivity index (χ4v) is 8.93. The summed E-state index contributed by atoms with van der Waals surface area (Å²) < 4.78 is 1.99. The Hall–Kier alpha value is -1.86. The fourth-order valence-electron chi connectivity index (χ4n) is 6.12. The maximum Gasteiger partial charge on any atom is 0.136 e. The maximum absolute atomic E-state index is 5.83. The number of thioether (sulfide) groups is 2. The Balaban J connectivity index is 1.59. The SMILES string of the molecule is CCN(CC)C(=S)SCc1ccc(CSC(=S)N(CC)CC)c2c1C1c3ccccc3C2c2ccccc21. The van der Waals surface area contributed by atoms with Gasteiger partial charge in [0, 0.05) is 49.5 Å². The molecule has 6 rings (SSSR count). The summed E-state index contributed by atoms with van der Waals surface area (Å²) in [5.41, 5.74) is 11.7. The maximum atomic E-state index is 5.83. The molecular formula is C32H36N2S4. The van der Waals surface area contributed by atoms with Gasteiger partial charge in [-0.25, -0.2) is 0 Å². The van der Waals surface area contributed by atoms with Gasteiger partial charge >= 0.3 is 0 Å². The molecule has 0 aliphatic heterocycles. The Morgan fingerprint density at radius 2 is 0.895 bits per heavy atom. The molecule has 0 heterocycles. The molecule has 3 aliphatic carbocycles.